The molecule has 8 heteroatoms. The third kappa shape index (κ3) is 3.95. The van der Waals surface area contributed by atoms with Gasteiger partial charge in [-0.25, -0.2) is 14.6 Å². The second-order valence-electron chi connectivity index (χ2n) is 6.79. The van der Waals surface area contributed by atoms with Crippen molar-refractivity contribution < 1.29 is 4.79 Å². The van der Waals surface area contributed by atoms with Crippen LogP contribution in [0.3, 0.4) is 0 Å². The van der Waals surface area contributed by atoms with Gasteiger partial charge in [0, 0.05) is 42.5 Å². The fourth-order valence-corrected chi connectivity index (χ4v) is 3.49. The average Bonchev–Trinajstić information content (AvgIpc) is 2.76. The molecule has 0 saturated heterocycles. The third-order valence-electron chi connectivity index (χ3n) is 4.93. The Balaban J connectivity index is 1.42. The van der Waals surface area contributed by atoms with E-state index in [0.29, 0.717) is 0 Å². The molecule has 1 aliphatic rings. The van der Waals surface area contributed by atoms with Gasteiger partial charge in [0.25, 0.3) is 11.5 Å². The molecule has 1 fully saturated rings. The first-order chi connectivity index (χ1) is 13.7. The maximum atomic E-state index is 12.3. The fraction of sp³-hybridized carbons (Fsp3) is 0.300. The molecule has 3 heterocycles. The van der Waals surface area contributed by atoms with Crippen LogP contribution in [-0.4, -0.2) is 36.7 Å². The molecular weight excluding hydrogens is 356 g/mol. The summed E-state index contributed by atoms with van der Waals surface area (Å²) in [5, 5.41) is 7.54. The van der Waals surface area contributed by atoms with Crippen molar-refractivity contribution in [3.8, 4) is 11.3 Å². The first-order valence-electron chi connectivity index (χ1n) is 9.29. The Morgan fingerprint density at radius 2 is 1.79 bits per heavy atom. The fourth-order valence-electron chi connectivity index (χ4n) is 3.49. The summed E-state index contributed by atoms with van der Waals surface area (Å²) >= 11 is 0. The normalized spacial score (nSPS) is 19.1. The molecule has 0 unspecified atom stereocenters. The smallest absolute Gasteiger partial charge is 0.289 e. The minimum absolute atomic E-state index is 0.0187. The van der Waals surface area contributed by atoms with Crippen LogP contribution >= 0.6 is 0 Å². The van der Waals surface area contributed by atoms with Crippen molar-refractivity contribution in [2.75, 3.05) is 0 Å². The zero-order valence-corrected chi connectivity index (χ0v) is 15.2. The van der Waals surface area contributed by atoms with E-state index in [4.69, 9.17) is 0 Å². The van der Waals surface area contributed by atoms with Crippen LogP contribution in [0.4, 0.5) is 0 Å². The van der Waals surface area contributed by atoms with Crippen LogP contribution in [0.15, 0.2) is 59.9 Å². The molecule has 0 aliphatic heterocycles. The molecule has 1 N–H and O–H groups in total. The first kappa shape index (κ1) is 18.0. The standard InChI is InChI=1S/C20H20N6O2/c27-18-9-8-17(14-3-1-10-21-13-14)25-26(18)16-6-4-15(5-7-16)24-20(28)19-22-11-2-12-23-19/h1-3,8-13,15-16H,4-7H2,(H,24,28). The summed E-state index contributed by atoms with van der Waals surface area (Å²) in [4.78, 5) is 36.6. The number of pyridine rings is 1. The Morgan fingerprint density at radius 3 is 2.50 bits per heavy atom. The van der Waals surface area contributed by atoms with E-state index in [1.807, 2.05) is 12.1 Å². The van der Waals surface area contributed by atoms with Gasteiger partial charge in [-0.1, -0.05) is 0 Å². The molecule has 1 amide bonds. The molecule has 28 heavy (non-hydrogen) atoms. The number of nitrogens with zero attached hydrogens (tertiary/aromatic N) is 5. The first-order valence-corrected chi connectivity index (χ1v) is 9.29. The monoisotopic (exact) mass is 376 g/mol. The zero-order valence-electron chi connectivity index (χ0n) is 15.2. The van der Waals surface area contributed by atoms with Crippen LogP contribution in [0.25, 0.3) is 11.3 Å². The summed E-state index contributed by atoms with van der Waals surface area (Å²) in [6.45, 7) is 0. The van der Waals surface area contributed by atoms with Crippen LogP contribution in [0.1, 0.15) is 42.3 Å². The van der Waals surface area contributed by atoms with E-state index in [0.717, 1.165) is 36.9 Å². The van der Waals surface area contributed by atoms with E-state index in [9.17, 15) is 9.59 Å². The van der Waals surface area contributed by atoms with Gasteiger partial charge in [-0.2, -0.15) is 5.10 Å². The molecule has 3 aromatic heterocycles. The predicted octanol–water partition coefficient (Wildman–Crippen LogP) is 2.01. The summed E-state index contributed by atoms with van der Waals surface area (Å²) in [6, 6.07) is 8.78. The Kier molecular flexibility index (Phi) is 5.18. The third-order valence-corrected chi connectivity index (χ3v) is 4.93. The summed E-state index contributed by atoms with van der Waals surface area (Å²) in [5.41, 5.74) is 1.49. The van der Waals surface area contributed by atoms with E-state index in [2.05, 4.69) is 25.4 Å². The van der Waals surface area contributed by atoms with Crippen LogP contribution in [0.2, 0.25) is 0 Å². The molecule has 0 aromatic carbocycles. The number of rotatable bonds is 4. The molecule has 4 rings (SSSR count). The van der Waals surface area contributed by atoms with Crippen molar-refractivity contribution in [3.63, 3.8) is 0 Å². The van der Waals surface area contributed by atoms with Gasteiger partial charge in [0.1, 0.15) is 0 Å². The van der Waals surface area contributed by atoms with Gasteiger partial charge in [0.15, 0.2) is 0 Å². The molecule has 0 radical (unpaired) electrons. The molecule has 0 spiro atoms. The second-order valence-corrected chi connectivity index (χ2v) is 6.79. The van der Waals surface area contributed by atoms with Gasteiger partial charge in [-0.3, -0.25) is 14.6 Å². The van der Waals surface area contributed by atoms with Crippen LogP contribution in [-0.2, 0) is 0 Å². The van der Waals surface area contributed by atoms with Crippen molar-refractivity contribution in [2.45, 2.75) is 37.8 Å². The number of amides is 1. The Hall–Kier alpha value is -3.42. The van der Waals surface area contributed by atoms with Crippen molar-refractivity contribution in [1.29, 1.82) is 0 Å². The predicted molar refractivity (Wildman–Crippen MR) is 103 cm³/mol. The minimum Gasteiger partial charge on any atom is -0.347 e. The van der Waals surface area contributed by atoms with E-state index in [1.165, 1.54) is 0 Å². The molecular formula is C20H20N6O2. The quantitative estimate of drug-likeness (QED) is 0.747. The molecule has 8 nitrogen and oxygen atoms in total. The van der Waals surface area contributed by atoms with Gasteiger partial charge in [0.2, 0.25) is 5.82 Å². The summed E-state index contributed by atoms with van der Waals surface area (Å²) in [6.07, 6.45) is 9.61. The highest BCUT2D eigenvalue weighted by Gasteiger charge is 2.25. The molecule has 0 bridgehead atoms. The highest BCUT2D eigenvalue weighted by Crippen LogP contribution is 2.27. The van der Waals surface area contributed by atoms with Gasteiger partial charge in [0.05, 0.1) is 11.7 Å². The van der Waals surface area contributed by atoms with Gasteiger partial charge >= 0.3 is 0 Å². The number of aromatic nitrogens is 5. The Bertz CT molecular complexity index is 998. The highest BCUT2D eigenvalue weighted by molar-refractivity contribution is 5.90. The number of carbonyl (C=O) groups excluding carboxylic acids is 1. The second kappa shape index (κ2) is 8.08. The number of hydrogen-bond acceptors (Lipinski definition) is 6. The van der Waals surface area contributed by atoms with Crippen LogP contribution < -0.4 is 10.9 Å². The van der Waals surface area contributed by atoms with E-state index < -0.39 is 0 Å². The molecule has 1 saturated carbocycles. The highest BCUT2D eigenvalue weighted by atomic mass is 16.2. The van der Waals surface area contributed by atoms with Crippen LogP contribution in [0.5, 0.6) is 0 Å². The largest absolute Gasteiger partial charge is 0.347 e. The SMILES string of the molecule is O=C(NC1CCC(n2nc(-c3cccnc3)ccc2=O)CC1)c1ncccn1. The zero-order chi connectivity index (χ0) is 19.3. The molecule has 3 aromatic rings. The van der Waals surface area contributed by atoms with Crippen LogP contribution in [0, 0.1) is 0 Å². The van der Waals surface area contributed by atoms with Crippen molar-refractivity contribution >= 4 is 5.91 Å². The lowest BCUT2D eigenvalue weighted by atomic mass is 9.91. The van der Waals surface area contributed by atoms with Gasteiger partial charge in [-0.15, -0.1) is 0 Å². The maximum absolute atomic E-state index is 12.3. The van der Waals surface area contributed by atoms with Gasteiger partial charge < -0.3 is 5.32 Å². The average molecular weight is 376 g/mol. The topological polar surface area (TPSA) is 103 Å². The van der Waals surface area contributed by atoms with E-state index in [1.54, 1.807) is 47.7 Å². The maximum Gasteiger partial charge on any atom is 0.289 e. The number of nitrogens with one attached hydrogen (secondary N) is 1. The van der Waals surface area contributed by atoms with E-state index >= 15 is 0 Å². The summed E-state index contributed by atoms with van der Waals surface area (Å²) < 4.78 is 1.57. The lowest BCUT2D eigenvalue weighted by Gasteiger charge is -2.29. The molecule has 1 aliphatic carbocycles. The Labute approximate surface area is 161 Å². The van der Waals surface area contributed by atoms with Crippen molar-refractivity contribution in [2.24, 2.45) is 0 Å². The van der Waals surface area contributed by atoms with Gasteiger partial charge in [-0.05, 0) is 49.9 Å². The number of carbonyl (C=O) groups is 1. The van der Waals surface area contributed by atoms with E-state index in [-0.39, 0.29) is 29.4 Å². The Morgan fingerprint density at radius 1 is 1.00 bits per heavy atom. The molecule has 142 valence electrons. The lowest BCUT2D eigenvalue weighted by molar-refractivity contribution is 0.0910. The van der Waals surface area contributed by atoms with Crippen molar-refractivity contribution in [1.82, 2.24) is 30.0 Å². The number of hydrogen-bond donors (Lipinski definition) is 1. The summed E-state index contributed by atoms with van der Waals surface area (Å²) in [7, 11) is 0. The lowest BCUT2D eigenvalue weighted by Crippen LogP contribution is -2.40. The minimum atomic E-state index is -0.266. The summed E-state index contributed by atoms with van der Waals surface area (Å²) in [5.74, 6) is -0.0930. The molecule has 0 atom stereocenters. The van der Waals surface area contributed by atoms with Crippen molar-refractivity contribution in [3.05, 3.63) is 71.3 Å².